The summed E-state index contributed by atoms with van der Waals surface area (Å²) in [4.78, 5) is 19.8. The lowest BCUT2D eigenvalue weighted by molar-refractivity contribution is 0.0872. The van der Waals surface area contributed by atoms with Crippen LogP contribution in [0.2, 0.25) is 0 Å². The number of benzene rings is 2. The van der Waals surface area contributed by atoms with E-state index in [1.807, 2.05) is 60.8 Å². The molecule has 2 aromatic carbocycles. The molecule has 1 atom stereocenters. The molecule has 7 heteroatoms. The van der Waals surface area contributed by atoms with E-state index in [9.17, 15) is 9.90 Å². The maximum absolute atomic E-state index is 12.4. The Bertz CT molecular complexity index is 1060. The zero-order valence-corrected chi connectivity index (χ0v) is 14.4. The molecule has 0 radical (unpaired) electrons. The molecular formula is C20H18N4O3. The van der Waals surface area contributed by atoms with Crippen LogP contribution in [0.1, 0.15) is 16.2 Å². The Morgan fingerprint density at radius 2 is 2.00 bits per heavy atom. The monoisotopic (exact) mass is 362 g/mol. The summed E-state index contributed by atoms with van der Waals surface area (Å²) in [5.41, 5.74) is 2.74. The lowest BCUT2D eigenvalue weighted by Gasteiger charge is -2.14. The summed E-state index contributed by atoms with van der Waals surface area (Å²) in [6.45, 7) is -0.190. The van der Waals surface area contributed by atoms with Crippen molar-refractivity contribution in [2.24, 2.45) is 0 Å². The fourth-order valence-corrected chi connectivity index (χ4v) is 3.01. The summed E-state index contributed by atoms with van der Waals surface area (Å²) in [5.74, 6) is -0.303. The number of aliphatic hydroxyl groups excluding tert-OH is 1. The number of aliphatic hydroxyl groups is 1. The van der Waals surface area contributed by atoms with Gasteiger partial charge in [0.2, 0.25) is 5.82 Å². The summed E-state index contributed by atoms with van der Waals surface area (Å²) >= 11 is 0. The van der Waals surface area contributed by atoms with E-state index < -0.39 is 11.9 Å². The van der Waals surface area contributed by atoms with Crippen molar-refractivity contribution in [2.75, 3.05) is 6.61 Å². The molecule has 0 saturated heterocycles. The molecule has 27 heavy (non-hydrogen) atoms. The second kappa shape index (κ2) is 7.43. The van der Waals surface area contributed by atoms with Crippen molar-refractivity contribution in [2.45, 2.75) is 12.5 Å². The molecule has 0 fully saturated rings. The van der Waals surface area contributed by atoms with Crippen molar-refractivity contribution < 1.29 is 14.4 Å². The lowest BCUT2D eigenvalue weighted by atomic mass is 10.1. The van der Waals surface area contributed by atoms with Crippen LogP contribution in [-0.4, -0.2) is 38.8 Å². The Labute approximate surface area is 155 Å². The molecule has 0 saturated carbocycles. The van der Waals surface area contributed by atoms with Gasteiger partial charge in [-0.05, 0) is 24.1 Å². The van der Waals surface area contributed by atoms with Gasteiger partial charge in [-0.1, -0.05) is 47.6 Å². The first-order valence-electron chi connectivity index (χ1n) is 8.60. The van der Waals surface area contributed by atoms with Crippen LogP contribution in [-0.2, 0) is 6.42 Å². The van der Waals surface area contributed by atoms with Gasteiger partial charge in [-0.15, -0.1) is 0 Å². The highest BCUT2D eigenvalue weighted by molar-refractivity contribution is 5.94. The van der Waals surface area contributed by atoms with E-state index in [2.05, 4.69) is 20.4 Å². The molecule has 2 aromatic heterocycles. The summed E-state index contributed by atoms with van der Waals surface area (Å²) in [7, 11) is 0. The van der Waals surface area contributed by atoms with E-state index in [1.54, 1.807) is 0 Å². The van der Waals surface area contributed by atoms with E-state index in [4.69, 9.17) is 4.52 Å². The first-order chi connectivity index (χ1) is 13.2. The number of hydrogen-bond acceptors (Lipinski definition) is 5. The quantitative estimate of drug-likeness (QED) is 0.489. The first kappa shape index (κ1) is 17.0. The van der Waals surface area contributed by atoms with Gasteiger partial charge in [-0.2, -0.15) is 4.98 Å². The molecule has 1 amide bonds. The van der Waals surface area contributed by atoms with E-state index >= 15 is 0 Å². The van der Waals surface area contributed by atoms with Crippen LogP contribution in [0.5, 0.6) is 0 Å². The molecule has 3 N–H and O–H groups in total. The first-order valence-corrected chi connectivity index (χ1v) is 8.60. The molecule has 0 aliphatic rings. The number of aromatic amines is 1. The minimum Gasteiger partial charge on any atom is -0.394 e. The van der Waals surface area contributed by atoms with E-state index in [1.165, 1.54) is 0 Å². The Hall–Kier alpha value is -3.45. The number of H-pyrrole nitrogens is 1. The number of carbonyl (C=O) groups is 1. The van der Waals surface area contributed by atoms with Gasteiger partial charge in [-0.3, -0.25) is 4.79 Å². The lowest BCUT2D eigenvalue weighted by Crippen LogP contribution is -2.39. The van der Waals surface area contributed by atoms with Crippen LogP contribution in [0.4, 0.5) is 0 Å². The highest BCUT2D eigenvalue weighted by Crippen LogP contribution is 2.25. The standard InChI is InChI=1S/C20H18N4O3/c25-12-14(11-13-5-2-1-3-6-13)22-19(26)20-23-18(24-27-20)16-7-4-8-17-15(16)9-10-21-17/h1-10,14,21,25H,11-12H2,(H,22,26)/t14-/m0/s1. The van der Waals surface area contributed by atoms with E-state index in [-0.39, 0.29) is 12.5 Å². The summed E-state index contributed by atoms with van der Waals surface area (Å²) < 4.78 is 5.14. The minimum absolute atomic E-state index is 0.135. The van der Waals surface area contributed by atoms with Crippen LogP contribution < -0.4 is 5.32 Å². The van der Waals surface area contributed by atoms with Gasteiger partial charge in [0.1, 0.15) is 0 Å². The molecule has 0 aliphatic heterocycles. The van der Waals surface area contributed by atoms with Crippen LogP contribution in [0.3, 0.4) is 0 Å². The van der Waals surface area contributed by atoms with Gasteiger partial charge >= 0.3 is 11.8 Å². The van der Waals surface area contributed by atoms with Gasteiger partial charge in [0.25, 0.3) is 0 Å². The molecule has 7 nitrogen and oxygen atoms in total. The van der Waals surface area contributed by atoms with Gasteiger partial charge in [0, 0.05) is 22.7 Å². The van der Waals surface area contributed by atoms with E-state index in [0.717, 1.165) is 22.0 Å². The fourth-order valence-electron chi connectivity index (χ4n) is 3.01. The molecule has 136 valence electrons. The Kier molecular flexibility index (Phi) is 4.67. The molecule has 0 bridgehead atoms. The number of nitrogens with zero attached hydrogens (tertiary/aromatic N) is 2. The number of aromatic nitrogens is 3. The number of rotatable bonds is 6. The predicted molar refractivity (Wildman–Crippen MR) is 100 cm³/mol. The largest absolute Gasteiger partial charge is 0.394 e. The average molecular weight is 362 g/mol. The number of carbonyl (C=O) groups excluding carboxylic acids is 1. The van der Waals surface area contributed by atoms with Crippen molar-refractivity contribution >= 4 is 16.8 Å². The summed E-state index contributed by atoms with van der Waals surface area (Å²) in [6.07, 6.45) is 2.34. The molecular weight excluding hydrogens is 344 g/mol. The fraction of sp³-hybridized carbons (Fsp3) is 0.150. The summed E-state index contributed by atoms with van der Waals surface area (Å²) in [6, 6.07) is 16.8. The van der Waals surface area contributed by atoms with Gasteiger partial charge in [-0.25, -0.2) is 0 Å². The van der Waals surface area contributed by atoms with Crippen molar-refractivity contribution in [3.8, 4) is 11.4 Å². The van der Waals surface area contributed by atoms with Crippen molar-refractivity contribution in [3.05, 3.63) is 72.2 Å². The second-order valence-electron chi connectivity index (χ2n) is 6.21. The Morgan fingerprint density at radius 3 is 2.81 bits per heavy atom. The van der Waals surface area contributed by atoms with Gasteiger partial charge < -0.3 is 19.9 Å². The van der Waals surface area contributed by atoms with Crippen LogP contribution in [0, 0.1) is 0 Å². The van der Waals surface area contributed by atoms with Crippen LogP contribution in [0.25, 0.3) is 22.3 Å². The summed E-state index contributed by atoms with van der Waals surface area (Å²) in [5, 5.41) is 17.2. The number of amides is 1. The third-order valence-corrected chi connectivity index (χ3v) is 4.34. The van der Waals surface area contributed by atoms with E-state index in [0.29, 0.717) is 12.2 Å². The topological polar surface area (TPSA) is 104 Å². The van der Waals surface area contributed by atoms with Crippen LogP contribution >= 0.6 is 0 Å². The predicted octanol–water partition coefficient (Wildman–Crippen LogP) is 2.55. The van der Waals surface area contributed by atoms with Crippen molar-refractivity contribution in [1.29, 1.82) is 0 Å². The van der Waals surface area contributed by atoms with Crippen LogP contribution in [0.15, 0.2) is 65.3 Å². The molecule has 4 rings (SSSR count). The smallest absolute Gasteiger partial charge is 0.316 e. The number of fused-ring (bicyclic) bond motifs is 1. The van der Waals surface area contributed by atoms with Crippen molar-refractivity contribution in [1.82, 2.24) is 20.4 Å². The molecule has 0 spiro atoms. The highest BCUT2D eigenvalue weighted by atomic mass is 16.5. The maximum atomic E-state index is 12.4. The number of nitrogens with one attached hydrogen (secondary N) is 2. The Balaban J connectivity index is 1.51. The molecule has 4 aromatic rings. The second-order valence-corrected chi connectivity index (χ2v) is 6.21. The zero-order valence-electron chi connectivity index (χ0n) is 14.4. The maximum Gasteiger partial charge on any atom is 0.316 e. The molecule has 0 aliphatic carbocycles. The Morgan fingerprint density at radius 1 is 1.15 bits per heavy atom. The molecule has 0 unspecified atom stereocenters. The number of hydrogen-bond donors (Lipinski definition) is 3. The minimum atomic E-state index is -0.509. The van der Waals surface area contributed by atoms with Gasteiger partial charge in [0.15, 0.2) is 0 Å². The normalized spacial score (nSPS) is 12.2. The average Bonchev–Trinajstić information content (AvgIpc) is 3.37. The zero-order chi connectivity index (χ0) is 18.6. The highest BCUT2D eigenvalue weighted by Gasteiger charge is 2.20. The SMILES string of the molecule is O=C(N[C@H](CO)Cc1ccccc1)c1nc(-c2cccc3[nH]ccc23)no1. The van der Waals surface area contributed by atoms with Crippen molar-refractivity contribution in [3.63, 3.8) is 0 Å². The third-order valence-electron chi connectivity index (χ3n) is 4.34. The third kappa shape index (κ3) is 3.58. The molecule has 2 heterocycles. The van der Waals surface area contributed by atoms with Gasteiger partial charge in [0.05, 0.1) is 12.6 Å².